The molecule has 110 valence electrons. The number of likely N-dealkylation sites (tertiary alicyclic amines) is 1. The third-order valence-corrected chi connectivity index (χ3v) is 3.77. The third-order valence-electron chi connectivity index (χ3n) is 3.77. The Balaban J connectivity index is 1.85. The maximum absolute atomic E-state index is 12.0. The smallest absolute Gasteiger partial charge is 0.324 e. The van der Waals surface area contributed by atoms with Gasteiger partial charge in [-0.2, -0.15) is 0 Å². The molecule has 0 saturated carbocycles. The van der Waals surface area contributed by atoms with Crippen LogP contribution < -0.4 is 5.32 Å². The molecule has 0 aromatic carbocycles. The van der Waals surface area contributed by atoms with Crippen molar-refractivity contribution in [2.45, 2.75) is 51.4 Å². The van der Waals surface area contributed by atoms with Gasteiger partial charge < -0.3 is 14.8 Å². The predicted molar refractivity (Wildman–Crippen MR) is 73.0 cm³/mol. The van der Waals surface area contributed by atoms with Gasteiger partial charge in [0.1, 0.15) is 6.04 Å². The molecule has 0 spiro atoms. The highest BCUT2D eigenvalue weighted by Crippen LogP contribution is 2.26. The molecule has 5 heteroatoms. The van der Waals surface area contributed by atoms with Crippen LogP contribution in [-0.2, 0) is 14.3 Å². The third kappa shape index (κ3) is 4.16. The Morgan fingerprint density at radius 2 is 2.05 bits per heavy atom. The molecule has 0 aromatic rings. The molecule has 2 aliphatic heterocycles. The Labute approximate surface area is 115 Å². The van der Waals surface area contributed by atoms with E-state index < -0.39 is 0 Å². The average Bonchev–Trinajstić information content (AvgIpc) is 2.74. The maximum atomic E-state index is 12.0. The molecular weight excluding hydrogens is 244 g/mol. The van der Waals surface area contributed by atoms with Crippen LogP contribution in [0.3, 0.4) is 0 Å². The summed E-state index contributed by atoms with van der Waals surface area (Å²) < 4.78 is 11.0. The summed E-state index contributed by atoms with van der Waals surface area (Å²) in [7, 11) is 0. The van der Waals surface area contributed by atoms with Crippen molar-refractivity contribution in [1.29, 1.82) is 0 Å². The van der Waals surface area contributed by atoms with Gasteiger partial charge in [-0.05, 0) is 32.7 Å². The fraction of sp³-hybridized carbons (Fsp3) is 0.929. The van der Waals surface area contributed by atoms with Gasteiger partial charge in [0.2, 0.25) is 0 Å². The number of ether oxygens (including phenoxy) is 2. The number of fused-ring (bicyclic) bond motifs is 2. The first-order valence-electron chi connectivity index (χ1n) is 7.50. The second-order valence-electron chi connectivity index (χ2n) is 5.43. The number of nitrogens with one attached hydrogen (secondary N) is 1. The molecule has 5 nitrogen and oxygen atoms in total. The van der Waals surface area contributed by atoms with E-state index in [9.17, 15) is 4.79 Å². The Morgan fingerprint density at radius 1 is 1.37 bits per heavy atom. The van der Waals surface area contributed by atoms with Gasteiger partial charge in [0.25, 0.3) is 0 Å². The average molecular weight is 270 g/mol. The van der Waals surface area contributed by atoms with Crippen LogP contribution in [0.5, 0.6) is 0 Å². The van der Waals surface area contributed by atoms with Crippen LogP contribution in [0.25, 0.3) is 0 Å². The van der Waals surface area contributed by atoms with Crippen molar-refractivity contribution in [3.8, 4) is 0 Å². The van der Waals surface area contributed by atoms with Crippen molar-refractivity contribution in [2.24, 2.45) is 0 Å². The second kappa shape index (κ2) is 7.22. The van der Waals surface area contributed by atoms with Crippen molar-refractivity contribution in [2.75, 3.05) is 32.8 Å². The number of carbonyl (C=O) groups is 1. The van der Waals surface area contributed by atoms with E-state index in [0.717, 1.165) is 45.4 Å². The lowest BCUT2D eigenvalue weighted by atomic mass is 10.2. The van der Waals surface area contributed by atoms with E-state index in [-0.39, 0.29) is 12.0 Å². The van der Waals surface area contributed by atoms with Gasteiger partial charge in [-0.15, -0.1) is 0 Å². The number of esters is 1. The van der Waals surface area contributed by atoms with Crippen LogP contribution in [0.15, 0.2) is 0 Å². The van der Waals surface area contributed by atoms with Gasteiger partial charge in [-0.3, -0.25) is 9.69 Å². The van der Waals surface area contributed by atoms with Crippen LogP contribution in [0, 0.1) is 0 Å². The summed E-state index contributed by atoms with van der Waals surface area (Å²) in [5, 5.41) is 3.29. The first-order chi connectivity index (χ1) is 9.22. The number of carbonyl (C=O) groups excluding carboxylic acids is 1. The van der Waals surface area contributed by atoms with Crippen LogP contribution in [-0.4, -0.2) is 61.9 Å². The highest BCUT2D eigenvalue weighted by molar-refractivity contribution is 5.76. The van der Waals surface area contributed by atoms with Crippen molar-refractivity contribution >= 4 is 5.97 Å². The minimum atomic E-state index is -0.211. The van der Waals surface area contributed by atoms with Crippen molar-refractivity contribution in [3.05, 3.63) is 0 Å². The molecule has 2 fully saturated rings. The molecule has 0 aromatic heterocycles. The van der Waals surface area contributed by atoms with Gasteiger partial charge in [-0.25, -0.2) is 0 Å². The number of hydrogen-bond donors (Lipinski definition) is 1. The van der Waals surface area contributed by atoms with Crippen molar-refractivity contribution in [1.82, 2.24) is 10.2 Å². The second-order valence-corrected chi connectivity index (χ2v) is 5.43. The zero-order chi connectivity index (χ0) is 13.7. The van der Waals surface area contributed by atoms with Crippen molar-refractivity contribution in [3.63, 3.8) is 0 Å². The highest BCUT2D eigenvalue weighted by Gasteiger charge is 2.35. The SMILES string of the molecule is CCCNC(CN1CC2CCC(C1)O2)C(=O)OCC. The molecule has 1 N–H and O–H groups in total. The Kier molecular flexibility index (Phi) is 5.60. The summed E-state index contributed by atoms with van der Waals surface area (Å²) in [6, 6.07) is -0.211. The molecule has 2 saturated heterocycles. The van der Waals surface area contributed by atoms with Crippen LogP contribution >= 0.6 is 0 Å². The van der Waals surface area contributed by atoms with Crippen LogP contribution in [0.4, 0.5) is 0 Å². The molecule has 0 aliphatic carbocycles. The lowest BCUT2D eigenvalue weighted by molar-refractivity contribution is -0.147. The van der Waals surface area contributed by atoms with E-state index in [1.165, 1.54) is 0 Å². The van der Waals surface area contributed by atoms with Gasteiger partial charge >= 0.3 is 5.97 Å². The summed E-state index contributed by atoms with van der Waals surface area (Å²) in [4.78, 5) is 14.3. The first-order valence-corrected chi connectivity index (χ1v) is 7.50. The van der Waals surface area contributed by atoms with E-state index in [1.54, 1.807) is 0 Å². The van der Waals surface area contributed by atoms with E-state index in [0.29, 0.717) is 18.8 Å². The standard InChI is InChI=1S/C14H26N2O3/c1-3-7-15-13(14(17)18-4-2)10-16-8-11-5-6-12(9-16)19-11/h11-13,15H,3-10H2,1-2H3. The summed E-state index contributed by atoms with van der Waals surface area (Å²) in [5.41, 5.74) is 0. The molecule has 3 unspecified atom stereocenters. The number of rotatable bonds is 7. The highest BCUT2D eigenvalue weighted by atomic mass is 16.5. The largest absolute Gasteiger partial charge is 0.465 e. The quantitative estimate of drug-likeness (QED) is 0.693. The molecule has 0 radical (unpaired) electrons. The van der Waals surface area contributed by atoms with E-state index in [1.807, 2.05) is 6.92 Å². The van der Waals surface area contributed by atoms with Gasteiger partial charge in [0.15, 0.2) is 0 Å². The summed E-state index contributed by atoms with van der Waals surface area (Å²) in [6.07, 6.45) is 4.08. The van der Waals surface area contributed by atoms with Gasteiger partial charge in [-0.1, -0.05) is 6.92 Å². The van der Waals surface area contributed by atoms with Gasteiger partial charge in [0, 0.05) is 19.6 Å². The van der Waals surface area contributed by atoms with Crippen molar-refractivity contribution < 1.29 is 14.3 Å². The topological polar surface area (TPSA) is 50.8 Å². The Hall–Kier alpha value is -0.650. The summed E-state index contributed by atoms with van der Waals surface area (Å²) >= 11 is 0. The first kappa shape index (κ1) is 14.8. The zero-order valence-corrected chi connectivity index (χ0v) is 12.1. The lowest BCUT2D eigenvalue weighted by Gasteiger charge is -2.34. The van der Waals surface area contributed by atoms with Gasteiger partial charge in [0.05, 0.1) is 18.8 Å². The molecule has 2 aliphatic rings. The Bertz CT molecular complexity index is 286. The zero-order valence-electron chi connectivity index (χ0n) is 12.1. The normalized spacial score (nSPS) is 28.3. The van der Waals surface area contributed by atoms with E-state index in [4.69, 9.17) is 9.47 Å². The van der Waals surface area contributed by atoms with E-state index in [2.05, 4.69) is 17.1 Å². The lowest BCUT2D eigenvalue weighted by Crippen LogP contribution is -2.52. The number of morpholine rings is 1. The van der Waals surface area contributed by atoms with E-state index >= 15 is 0 Å². The minimum Gasteiger partial charge on any atom is -0.465 e. The van der Waals surface area contributed by atoms with Crippen LogP contribution in [0.2, 0.25) is 0 Å². The minimum absolute atomic E-state index is 0.130. The molecule has 3 atom stereocenters. The monoisotopic (exact) mass is 270 g/mol. The fourth-order valence-electron chi connectivity index (χ4n) is 2.89. The Morgan fingerprint density at radius 3 is 2.63 bits per heavy atom. The molecule has 19 heavy (non-hydrogen) atoms. The maximum Gasteiger partial charge on any atom is 0.324 e. The number of hydrogen-bond acceptors (Lipinski definition) is 5. The number of nitrogens with zero attached hydrogens (tertiary/aromatic N) is 1. The van der Waals surface area contributed by atoms with Crippen LogP contribution in [0.1, 0.15) is 33.1 Å². The predicted octanol–water partition coefficient (Wildman–Crippen LogP) is 0.781. The molecule has 2 heterocycles. The molecular formula is C14H26N2O3. The fourth-order valence-corrected chi connectivity index (χ4v) is 2.89. The summed E-state index contributed by atoms with van der Waals surface area (Å²) in [6.45, 7) is 7.86. The molecule has 2 rings (SSSR count). The molecule has 0 amide bonds. The molecule has 2 bridgehead atoms. The summed E-state index contributed by atoms with van der Waals surface area (Å²) in [5.74, 6) is -0.130.